The smallest absolute Gasteiger partial charge is 0.187 e. The predicted octanol–water partition coefficient (Wildman–Crippen LogP) is 4.16. The van der Waals surface area contributed by atoms with E-state index in [1.165, 1.54) is 11.1 Å². The molecule has 1 unspecified atom stereocenters. The first-order valence-corrected chi connectivity index (χ1v) is 7.85. The van der Waals surface area contributed by atoms with Crippen LogP contribution < -0.4 is 0 Å². The van der Waals surface area contributed by atoms with Gasteiger partial charge in [-0.05, 0) is 54.9 Å². The third-order valence-corrected chi connectivity index (χ3v) is 5.40. The van der Waals surface area contributed by atoms with Crippen molar-refractivity contribution >= 4 is 5.78 Å². The number of aromatic nitrogens is 1. The summed E-state index contributed by atoms with van der Waals surface area (Å²) in [6, 6.07) is 14.3. The maximum absolute atomic E-state index is 13.1. The number of ketones is 1. The van der Waals surface area contributed by atoms with Crippen molar-refractivity contribution in [2.24, 2.45) is 5.41 Å². The molecule has 2 aromatic rings. The zero-order valence-corrected chi connectivity index (χ0v) is 12.1. The molecule has 1 atom stereocenters. The van der Waals surface area contributed by atoms with Crippen LogP contribution in [0.4, 0.5) is 0 Å². The van der Waals surface area contributed by atoms with Gasteiger partial charge in [0, 0.05) is 11.6 Å². The lowest BCUT2D eigenvalue weighted by Crippen LogP contribution is -2.43. The van der Waals surface area contributed by atoms with Crippen LogP contribution in [-0.4, -0.2) is 10.8 Å². The highest BCUT2D eigenvalue weighted by Crippen LogP contribution is 2.57. The molecular weight excluding hydrogens is 258 g/mol. The molecule has 0 amide bonds. The zero-order valence-electron chi connectivity index (χ0n) is 12.1. The molecule has 2 nitrogen and oxygen atoms in total. The molecule has 0 saturated heterocycles. The van der Waals surface area contributed by atoms with Gasteiger partial charge < -0.3 is 0 Å². The van der Waals surface area contributed by atoms with E-state index in [0.717, 1.165) is 32.1 Å². The Morgan fingerprint density at radius 1 is 1.10 bits per heavy atom. The predicted molar refractivity (Wildman–Crippen MR) is 82.4 cm³/mol. The minimum absolute atomic E-state index is 0.193. The van der Waals surface area contributed by atoms with Crippen molar-refractivity contribution in [3.8, 4) is 0 Å². The lowest BCUT2D eigenvalue weighted by atomic mass is 9.56. The van der Waals surface area contributed by atoms with E-state index in [1.54, 1.807) is 6.20 Å². The second-order valence-corrected chi connectivity index (χ2v) is 6.34. The fourth-order valence-corrected chi connectivity index (χ4v) is 4.17. The molecular formula is C19H19NO. The number of fused-ring (bicyclic) bond motifs is 1. The third kappa shape index (κ3) is 1.85. The van der Waals surface area contributed by atoms with Gasteiger partial charge in [0.25, 0.3) is 0 Å². The largest absolute Gasteiger partial charge is 0.292 e. The average molecular weight is 277 g/mol. The highest BCUT2D eigenvalue weighted by Gasteiger charge is 2.52. The molecule has 1 saturated carbocycles. The van der Waals surface area contributed by atoms with Crippen molar-refractivity contribution in [2.75, 3.05) is 0 Å². The van der Waals surface area contributed by atoms with Gasteiger partial charge in [-0.3, -0.25) is 9.78 Å². The summed E-state index contributed by atoms with van der Waals surface area (Å²) >= 11 is 0. The summed E-state index contributed by atoms with van der Waals surface area (Å²) in [5.41, 5.74) is 3.28. The Morgan fingerprint density at radius 3 is 2.62 bits per heavy atom. The van der Waals surface area contributed by atoms with Gasteiger partial charge in [-0.1, -0.05) is 36.8 Å². The van der Waals surface area contributed by atoms with E-state index in [1.807, 2.05) is 18.2 Å². The first kappa shape index (κ1) is 12.8. The summed E-state index contributed by atoms with van der Waals surface area (Å²) in [6.07, 6.45) is 7.14. The molecule has 4 rings (SSSR count). The quantitative estimate of drug-likeness (QED) is 0.788. The van der Waals surface area contributed by atoms with Crippen LogP contribution in [0.15, 0.2) is 48.7 Å². The van der Waals surface area contributed by atoms with Gasteiger partial charge in [0.15, 0.2) is 5.78 Å². The van der Waals surface area contributed by atoms with Gasteiger partial charge in [0.1, 0.15) is 5.69 Å². The van der Waals surface area contributed by atoms with Crippen LogP contribution in [0.25, 0.3) is 0 Å². The van der Waals surface area contributed by atoms with Crippen LogP contribution in [0, 0.1) is 5.41 Å². The Kier molecular flexibility index (Phi) is 2.91. The summed E-state index contributed by atoms with van der Waals surface area (Å²) < 4.78 is 0. The van der Waals surface area contributed by atoms with Crippen LogP contribution in [0.1, 0.15) is 53.2 Å². The van der Waals surface area contributed by atoms with Crippen LogP contribution in [0.3, 0.4) is 0 Å². The van der Waals surface area contributed by atoms with Crippen LogP contribution >= 0.6 is 0 Å². The second-order valence-electron chi connectivity index (χ2n) is 6.34. The fourth-order valence-electron chi connectivity index (χ4n) is 4.17. The van der Waals surface area contributed by atoms with Crippen LogP contribution in [0.5, 0.6) is 0 Å². The third-order valence-electron chi connectivity index (χ3n) is 5.40. The number of nitrogens with zero attached hydrogens (tertiary/aromatic N) is 1. The Morgan fingerprint density at radius 2 is 1.90 bits per heavy atom. The van der Waals surface area contributed by atoms with Gasteiger partial charge in [-0.2, -0.15) is 0 Å². The SMILES string of the molecule is O=C(c1ccccn1)C1(C2CCc3ccccc32)CCC1. The topological polar surface area (TPSA) is 30.0 Å². The molecule has 1 heterocycles. The molecule has 0 spiro atoms. The normalized spacial score (nSPS) is 22.4. The van der Waals surface area contributed by atoms with Gasteiger partial charge in [-0.15, -0.1) is 0 Å². The fraction of sp³-hybridized carbons (Fsp3) is 0.368. The number of pyridine rings is 1. The molecule has 0 N–H and O–H groups in total. The Bertz CT molecular complexity index is 673. The van der Waals surface area contributed by atoms with Gasteiger partial charge >= 0.3 is 0 Å². The molecule has 2 aliphatic carbocycles. The molecule has 21 heavy (non-hydrogen) atoms. The maximum Gasteiger partial charge on any atom is 0.187 e. The average Bonchev–Trinajstić information content (AvgIpc) is 2.92. The second kappa shape index (κ2) is 4.80. The van der Waals surface area contributed by atoms with E-state index in [2.05, 4.69) is 29.2 Å². The van der Waals surface area contributed by atoms with E-state index in [0.29, 0.717) is 11.6 Å². The Labute approximate surface area is 125 Å². The van der Waals surface area contributed by atoms with Gasteiger partial charge in [-0.25, -0.2) is 0 Å². The standard InChI is InChI=1S/C19H19NO/c21-18(17-8-3-4-13-20-17)19(11-5-12-19)16-10-9-14-6-1-2-7-15(14)16/h1-4,6-8,13,16H,5,9-12H2. The summed E-state index contributed by atoms with van der Waals surface area (Å²) in [6.45, 7) is 0. The van der Waals surface area contributed by atoms with E-state index in [9.17, 15) is 4.79 Å². The number of aryl methyl sites for hydroxylation is 1. The Balaban J connectivity index is 1.74. The van der Waals surface area contributed by atoms with Crippen molar-refractivity contribution in [1.29, 1.82) is 0 Å². The zero-order chi connectivity index (χ0) is 14.3. The number of carbonyl (C=O) groups is 1. The minimum atomic E-state index is -0.193. The molecule has 0 radical (unpaired) electrons. The summed E-state index contributed by atoms with van der Waals surface area (Å²) in [5, 5.41) is 0. The van der Waals surface area contributed by atoms with Crippen molar-refractivity contribution < 1.29 is 4.79 Å². The molecule has 1 aromatic heterocycles. The monoisotopic (exact) mass is 277 g/mol. The molecule has 0 aliphatic heterocycles. The molecule has 2 aliphatic rings. The van der Waals surface area contributed by atoms with Crippen molar-refractivity contribution in [2.45, 2.75) is 38.0 Å². The molecule has 1 fully saturated rings. The highest BCUT2D eigenvalue weighted by atomic mass is 16.1. The summed E-state index contributed by atoms with van der Waals surface area (Å²) in [5.74, 6) is 0.646. The van der Waals surface area contributed by atoms with Crippen LogP contribution in [-0.2, 0) is 6.42 Å². The lowest BCUT2D eigenvalue weighted by molar-refractivity contribution is 0.0500. The summed E-state index contributed by atoms with van der Waals surface area (Å²) in [4.78, 5) is 17.4. The number of Topliss-reactive ketones (excluding diaryl/α,β-unsaturated/α-hetero) is 1. The van der Waals surface area contributed by atoms with Crippen molar-refractivity contribution in [3.63, 3.8) is 0 Å². The van der Waals surface area contributed by atoms with Gasteiger partial charge in [0.05, 0.1) is 0 Å². The number of benzene rings is 1. The number of rotatable bonds is 3. The highest BCUT2D eigenvalue weighted by molar-refractivity contribution is 6.00. The summed E-state index contributed by atoms with van der Waals surface area (Å²) in [7, 11) is 0. The molecule has 2 heteroatoms. The van der Waals surface area contributed by atoms with Gasteiger partial charge in [0.2, 0.25) is 0 Å². The molecule has 1 aromatic carbocycles. The number of carbonyl (C=O) groups excluding carboxylic acids is 1. The first-order valence-electron chi connectivity index (χ1n) is 7.85. The lowest BCUT2D eigenvalue weighted by Gasteiger charge is -2.45. The van der Waals surface area contributed by atoms with Crippen molar-refractivity contribution in [1.82, 2.24) is 4.98 Å². The minimum Gasteiger partial charge on any atom is -0.292 e. The molecule has 0 bridgehead atoms. The number of hydrogen-bond donors (Lipinski definition) is 0. The van der Waals surface area contributed by atoms with E-state index in [-0.39, 0.29) is 11.2 Å². The number of hydrogen-bond acceptors (Lipinski definition) is 2. The maximum atomic E-state index is 13.1. The van der Waals surface area contributed by atoms with E-state index >= 15 is 0 Å². The first-order chi connectivity index (χ1) is 10.3. The Hall–Kier alpha value is -1.96. The van der Waals surface area contributed by atoms with E-state index < -0.39 is 0 Å². The van der Waals surface area contributed by atoms with E-state index in [4.69, 9.17) is 0 Å². The molecule has 106 valence electrons. The van der Waals surface area contributed by atoms with Crippen LogP contribution in [0.2, 0.25) is 0 Å². The van der Waals surface area contributed by atoms with Crippen molar-refractivity contribution in [3.05, 3.63) is 65.5 Å².